The molecule has 1 saturated heterocycles. The van der Waals surface area contributed by atoms with E-state index in [1.807, 2.05) is 0 Å². The number of aryl methyl sites for hydroxylation is 6. The van der Waals surface area contributed by atoms with Gasteiger partial charge in [-0.25, -0.2) is 0 Å². The summed E-state index contributed by atoms with van der Waals surface area (Å²) in [5.74, 6) is 1.49. The third-order valence-electron chi connectivity index (χ3n) is 11.0. The average molecular weight is 781 g/mol. The fraction of sp³-hybridized carbons (Fsp3) is 0.561. The Labute approximate surface area is 303 Å². The quantitative estimate of drug-likeness (QED) is 0.213. The van der Waals surface area contributed by atoms with E-state index in [1.165, 1.54) is 120 Å². The molecule has 3 aliphatic carbocycles. The van der Waals surface area contributed by atoms with Gasteiger partial charge in [0.2, 0.25) is 0 Å². The second kappa shape index (κ2) is 16.7. The molecule has 4 fully saturated rings. The maximum atomic E-state index is 4.85. The van der Waals surface area contributed by atoms with Gasteiger partial charge in [-0.1, -0.05) is 86.7 Å². The average Bonchev–Trinajstić information content (AvgIpc) is 3.81. The van der Waals surface area contributed by atoms with Crippen LogP contribution in [0.15, 0.2) is 59.0 Å². The molecule has 0 N–H and O–H groups in total. The van der Waals surface area contributed by atoms with Crippen LogP contribution in [0.1, 0.15) is 111 Å². The molecular formula is C41H57Cl2N2PRu. The van der Waals surface area contributed by atoms with Crippen LogP contribution in [0.4, 0.5) is 11.4 Å². The van der Waals surface area contributed by atoms with Gasteiger partial charge in [0.1, 0.15) is 5.82 Å². The molecule has 6 heteroatoms. The molecular weight excluding hydrogens is 723 g/mol. The Morgan fingerprint density at radius 1 is 0.702 bits per heavy atom. The monoisotopic (exact) mass is 780 g/mol. The molecule has 4 aliphatic rings. The summed E-state index contributed by atoms with van der Waals surface area (Å²) in [5, 5.41) is 0. The van der Waals surface area contributed by atoms with Crippen molar-refractivity contribution in [1.29, 1.82) is 0 Å². The number of rotatable bonds is 6. The first kappa shape index (κ1) is 37.2. The molecule has 2 nitrogen and oxygen atoms in total. The van der Waals surface area contributed by atoms with Crippen molar-refractivity contribution in [2.24, 2.45) is 0 Å². The van der Waals surface area contributed by atoms with Crippen molar-refractivity contribution >= 4 is 38.7 Å². The number of hydrogen-bond donors (Lipinski definition) is 0. The molecule has 0 spiro atoms. The van der Waals surface area contributed by atoms with Crippen LogP contribution in [0.3, 0.4) is 0 Å². The maximum absolute atomic E-state index is 4.85. The van der Waals surface area contributed by atoms with Crippen molar-refractivity contribution < 1.29 is 15.1 Å². The zero-order valence-corrected chi connectivity index (χ0v) is 34.3. The van der Waals surface area contributed by atoms with E-state index in [1.54, 1.807) is 11.1 Å². The zero-order chi connectivity index (χ0) is 33.8. The number of hydrogen-bond acceptors (Lipinski definition) is 2. The first-order valence-corrected chi connectivity index (χ1v) is 24.0. The van der Waals surface area contributed by atoms with Crippen LogP contribution in [0.2, 0.25) is 0 Å². The number of nitrogens with zero attached hydrogens (tertiary/aromatic N) is 2. The van der Waals surface area contributed by atoms with Gasteiger partial charge in [0.15, 0.2) is 0 Å². The fourth-order valence-electron chi connectivity index (χ4n) is 9.53. The summed E-state index contributed by atoms with van der Waals surface area (Å²) in [6.07, 6.45) is 19.4. The first-order chi connectivity index (χ1) is 22.5. The number of benzene rings is 2. The van der Waals surface area contributed by atoms with Crippen LogP contribution >= 0.6 is 27.3 Å². The van der Waals surface area contributed by atoms with Crippen LogP contribution in [0.5, 0.6) is 0 Å². The molecule has 47 heavy (non-hydrogen) atoms. The van der Waals surface area contributed by atoms with Gasteiger partial charge in [0, 0.05) is 30.1 Å². The van der Waals surface area contributed by atoms with E-state index in [4.69, 9.17) is 19.4 Å². The summed E-state index contributed by atoms with van der Waals surface area (Å²) in [7, 11) is 9.69. The molecule has 2 aromatic carbocycles. The van der Waals surface area contributed by atoms with Crippen LogP contribution in [-0.2, 0) is 15.1 Å². The molecule has 3 saturated carbocycles. The zero-order valence-electron chi connectivity index (χ0n) is 30.1. The van der Waals surface area contributed by atoms with Gasteiger partial charge in [0.25, 0.3) is 0 Å². The number of allylic oxidation sites excluding steroid dienone is 5. The SMILES string of the molecule is CC(C)=CC=C1C(=C2N(c3c(C)cc(C)cc3C)CCN2c2c(C)cc(C)cc2C)CCC1P(C1CCCC1)C1CCCC1.[Cl][Ru][Cl]. The molecule has 2 aromatic rings. The Kier molecular flexibility index (Phi) is 13.2. The summed E-state index contributed by atoms with van der Waals surface area (Å²) in [4.78, 5) is 5.48. The first-order valence-electron chi connectivity index (χ1n) is 18.0. The van der Waals surface area contributed by atoms with Crippen molar-refractivity contribution in [3.8, 4) is 0 Å². The molecule has 0 amide bonds. The Bertz CT molecular complexity index is 1380. The second-order valence-electron chi connectivity index (χ2n) is 14.9. The Balaban J connectivity index is 0.00000139. The topological polar surface area (TPSA) is 6.48 Å². The summed E-state index contributed by atoms with van der Waals surface area (Å²) in [5.41, 5.74) is 18.7. The van der Waals surface area contributed by atoms with Gasteiger partial charge in [-0.05, 0) is 139 Å². The van der Waals surface area contributed by atoms with E-state index in [2.05, 4.69) is 102 Å². The molecule has 258 valence electrons. The van der Waals surface area contributed by atoms with Gasteiger partial charge in [0.05, 0.1) is 0 Å². The predicted octanol–water partition coefficient (Wildman–Crippen LogP) is 12.9. The second-order valence-corrected chi connectivity index (χ2v) is 20.5. The van der Waals surface area contributed by atoms with Crippen LogP contribution < -0.4 is 9.80 Å². The Morgan fingerprint density at radius 3 is 1.49 bits per heavy atom. The van der Waals surface area contributed by atoms with E-state index in [0.717, 1.165) is 30.1 Å². The van der Waals surface area contributed by atoms with Gasteiger partial charge >= 0.3 is 34.5 Å². The molecule has 1 aliphatic heterocycles. The third kappa shape index (κ3) is 8.28. The van der Waals surface area contributed by atoms with Crippen molar-refractivity contribution in [1.82, 2.24) is 0 Å². The van der Waals surface area contributed by atoms with Crippen molar-refractivity contribution in [3.05, 3.63) is 92.3 Å². The van der Waals surface area contributed by atoms with Crippen molar-refractivity contribution in [3.63, 3.8) is 0 Å². The number of halogens is 2. The molecule has 1 atom stereocenters. The van der Waals surface area contributed by atoms with Crippen LogP contribution in [-0.4, -0.2) is 30.1 Å². The molecule has 0 aromatic heterocycles. The van der Waals surface area contributed by atoms with Gasteiger partial charge in [-0.3, -0.25) is 0 Å². The fourth-order valence-corrected chi connectivity index (χ4v) is 14.1. The van der Waals surface area contributed by atoms with Gasteiger partial charge in [-0.2, -0.15) is 0 Å². The van der Waals surface area contributed by atoms with Gasteiger partial charge in [-0.15, -0.1) is 0 Å². The summed E-state index contributed by atoms with van der Waals surface area (Å²) < 4.78 is 0. The molecule has 0 bridgehead atoms. The van der Waals surface area contributed by atoms with Crippen molar-refractivity contribution in [2.75, 3.05) is 22.9 Å². The minimum absolute atomic E-state index is 0.0145. The molecule has 0 radical (unpaired) electrons. The Hall–Kier alpha value is -1.11. The summed E-state index contributed by atoms with van der Waals surface area (Å²) in [6, 6.07) is 9.58. The van der Waals surface area contributed by atoms with Crippen molar-refractivity contribution in [2.45, 2.75) is 137 Å². The third-order valence-corrected chi connectivity index (χ3v) is 14.9. The van der Waals surface area contributed by atoms with Crippen LogP contribution in [0.25, 0.3) is 0 Å². The Morgan fingerprint density at radius 2 is 1.11 bits per heavy atom. The van der Waals surface area contributed by atoms with E-state index in [0.29, 0.717) is 0 Å². The van der Waals surface area contributed by atoms with E-state index < -0.39 is 0 Å². The van der Waals surface area contributed by atoms with E-state index in [9.17, 15) is 0 Å². The number of anilines is 2. The van der Waals surface area contributed by atoms with E-state index >= 15 is 0 Å². The summed E-state index contributed by atoms with van der Waals surface area (Å²) >= 11 is -0.346. The molecule has 6 rings (SSSR count). The van der Waals surface area contributed by atoms with Gasteiger partial charge < -0.3 is 9.80 Å². The predicted molar refractivity (Wildman–Crippen MR) is 207 cm³/mol. The normalized spacial score (nSPS) is 21.5. The standard InChI is InChI=1S/C41H57N2P.2ClH.Ru/c1-27(2)17-18-36-37(19-20-38(36)44(34-13-9-10-14-34)35-15-11-12-16-35)41-42(39-30(5)23-28(3)24-31(39)6)21-22-43(41)40-32(7)25-29(4)26-33(40)8;;;/h17-18,23-26,34-35,38H,9-16,19-22H2,1-8H3;2*1H;/q;;;+2/p-2. The molecule has 1 unspecified atom stereocenters. The molecule has 1 heterocycles. The van der Waals surface area contributed by atoms with E-state index in [-0.39, 0.29) is 23.1 Å². The van der Waals surface area contributed by atoms with Crippen LogP contribution in [0, 0.1) is 41.5 Å². The minimum atomic E-state index is -0.346. The summed E-state index contributed by atoms with van der Waals surface area (Å²) in [6.45, 7) is 20.4.